The van der Waals surface area contributed by atoms with Crippen molar-refractivity contribution >= 4 is 92.7 Å². The first-order valence-electron chi connectivity index (χ1n) is 22.1. The summed E-state index contributed by atoms with van der Waals surface area (Å²) < 4.78 is 2.44. The van der Waals surface area contributed by atoms with Crippen molar-refractivity contribution in [1.29, 1.82) is 0 Å². The quantitative estimate of drug-likeness (QED) is 0.152. The van der Waals surface area contributed by atoms with Crippen LogP contribution in [0.2, 0.25) is 0 Å². The number of benzene rings is 12. The molecule has 0 atom stereocenters. The van der Waals surface area contributed by atoms with E-state index in [4.69, 9.17) is 0 Å². The van der Waals surface area contributed by atoms with Crippen LogP contribution in [0.4, 0.5) is 17.1 Å². The third-order valence-electron chi connectivity index (χ3n) is 13.3. The van der Waals surface area contributed by atoms with E-state index in [1.165, 1.54) is 97.9 Å². The SMILES string of the molecule is c1ccc(-n2c3cc(-c4ccc(N(c5ccc(-c6cc7ccccc7c7ccccc67)cc5)c5ccc6c(ccc7ccccc76)c5)cc4)ccc3c3ccc4ccccc4c32)cc1. The number of fused-ring (bicyclic) bond motifs is 11. The molecule has 0 spiro atoms. The third kappa shape index (κ3) is 5.81. The maximum atomic E-state index is 2.44. The molecule has 0 aliphatic heterocycles. The fourth-order valence-electron chi connectivity index (χ4n) is 10.3. The monoisotopic (exact) mass is 812 g/mol. The smallest absolute Gasteiger partial charge is 0.0619 e. The molecule has 2 nitrogen and oxygen atoms in total. The summed E-state index contributed by atoms with van der Waals surface area (Å²) in [6, 6.07) is 89.1. The molecular formula is C62H40N2. The minimum atomic E-state index is 1.10. The topological polar surface area (TPSA) is 8.17 Å². The molecule has 0 bridgehead atoms. The Kier molecular flexibility index (Phi) is 8.25. The Balaban J connectivity index is 0.941. The lowest BCUT2D eigenvalue weighted by Crippen LogP contribution is -2.09. The lowest BCUT2D eigenvalue weighted by Gasteiger charge is -2.26. The Labute approximate surface area is 371 Å². The van der Waals surface area contributed by atoms with E-state index in [1.54, 1.807) is 0 Å². The predicted molar refractivity (Wildman–Crippen MR) is 274 cm³/mol. The number of para-hydroxylation sites is 1. The molecule has 0 radical (unpaired) electrons. The summed E-state index contributed by atoms with van der Waals surface area (Å²) in [6.07, 6.45) is 0. The van der Waals surface area contributed by atoms with Crippen molar-refractivity contribution in [3.8, 4) is 27.9 Å². The Morgan fingerprint density at radius 3 is 1.50 bits per heavy atom. The fourth-order valence-corrected chi connectivity index (χ4v) is 10.3. The van der Waals surface area contributed by atoms with Gasteiger partial charge in [0.15, 0.2) is 0 Å². The normalized spacial score (nSPS) is 11.8. The van der Waals surface area contributed by atoms with Gasteiger partial charge in [0.2, 0.25) is 0 Å². The van der Waals surface area contributed by atoms with Gasteiger partial charge in [0.05, 0.1) is 11.0 Å². The highest BCUT2D eigenvalue weighted by Gasteiger charge is 2.18. The first-order chi connectivity index (χ1) is 31.7. The minimum Gasteiger partial charge on any atom is -0.310 e. The van der Waals surface area contributed by atoms with Crippen molar-refractivity contribution in [3.05, 3.63) is 243 Å². The third-order valence-corrected chi connectivity index (χ3v) is 13.3. The van der Waals surface area contributed by atoms with Crippen LogP contribution >= 0.6 is 0 Å². The Bertz CT molecular complexity index is 3940. The molecule has 1 heterocycles. The highest BCUT2D eigenvalue weighted by molar-refractivity contribution is 6.19. The molecule has 0 saturated heterocycles. The van der Waals surface area contributed by atoms with Crippen molar-refractivity contribution in [2.75, 3.05) is 4.90 Å². The summed E-state index contributed by atoms with van der Waals surface area (Å²) in [5.41, 5.74) is 11.7. The van der Waals surface area contributed by atoms with Crippen LogP contribution in [0.25, 0.3) is 104 Å². The van der Waals surface area contributed by atoms with Crippen LogP contribution < -0.4 is 4.90 Å². The van der Waals surface area contributed by atoms with Crippen LogP contribution in [0.5, 0.6) is 0 Å². The number of hydrogen-bond donors (Lipinski definition) is 0. The standard InChI is InChI=1S/C62H40N2/c1-2-15-48(16-3-1)64-61-40-45(29-35-58(61)59-36-28-43-13-5-9-19-55(43)62(59)64)41-24-30-49(31-25-41)63(51-34-37-54-47(38-51)23-22-42-12-4-7-17-52(42)54)50-32-26-44(27-33-50)60-39-46-14-6-8-18-53(46)56-20-10-11-21-57(56)60/h1-40H. The summed E-state index contributed by atoms with van der Waals surface area (Å²) in [4.78, 5) is 2.39. The predicted octanol–water partition coefficient (Wildman–Crippen LogP) is 17.4. The molecule has 0 fully saturated rings. The highest BCUT2D eigenvalue weighted by Crippen LogP contribution is 2.42. The maximum Gasteiger partial charge on any atom is 0.0619 e. The van der Waals surface area contributed by atoms with E-state index in [-0.39, 0.29) is 0 Å². The Morgan fingerprint density at radius 2 is 0.750 bits per heavy atom. The van der Waals surface area contributed by atoms with Gasteiger partial charge in [-0.15, -0.1) is 0 Å². The second-order valence-electron chi connectivity index (χ2n) is 16.9. The van der Waals surface area contributed by atoms with Gasteiger partial charge in [0, 0.05) is 38.9 Å². The second kappa shape index (κ2) is 14.6. The molecule has 1 aromatic heterocycles. The van der Waals surface area contributed by atoms with Crippen LogP contribution in [0.1, 0.15) is 0 Å². The van der Waals surface area contributed by atoms with E-state index in [9.17, 15) is 0 Å². The van der Waals surface area contributed by atoms with E-state index >= 15 is 0 Å². The van der Waals surface area contributed by atoms with E-state index in [0.29, 0.717) is 0 Å². The first kappa shape index (κ1) is 36.2. The molecule has 13 rings (SSSR count). The molecule has 0 aliphatic carbocycles. The largest absolute Gasteiger partial charge is 0.310 e. The number of anilines is 3. The van der Waals surface area contributed by atoms with E-state index in [0.717, 1.165) is 22.7 Å². The molecule has 13 aromatic rings. The highest BCUT2D eigenvalue weighted by atomic mass is 15.1. The van der Waals surface area contributed by atoms with Gasteiger partial charge in [-0.1, -0.05) is 182 Å². The summed E-state index contributed by atoms with van der Waals surface area (Å²) >= 11 is 0. The van der Waals surface area contributed by atoms with Gasteiger partial charge < -0.3 is 9.47 Å². The second-order valence-corrected chi connectivity index (χ2v) is 16.9. The molecule has 64 heavy (non-hydrogen) atoms. The fraction of sp³-hybridized carbons (Fsp3) is 0. The Hall–Kier alpha value is -8.46. The molecule has 0 unspecified atom stereocenters. The van der Waals surface area contributed by atoms with Crippen LogP contribution in [-0.4, -0.2) is 4.57 Å². The van der Waals surface area contributed by atoms with Crippen molar-refractivity contribution in [3.63, 3.8) is 0 Å². The molecule has 0 saturated carbocycles. The molecule has 12 aromatic carbocycles. The molecule has 2 heteroatoms. The average Bonchev–Trinajstić information content (AvgIpc) is 3.71. The van der Waals surface area contributed by atoms with Crippen LogP contribution in [0.3, 0.4) is 0 Å². The van der Waals surface area contributed by atoms with Crippen LogP contribution in [0, 0.1) is 0 Å². The van der Waals surface area contributed by atoms with E-state index in [2.05, 4.69) is 252 Å². The minimum absolute atomic E-state index is 1.10. The summed E-state index contributed by atoms with van der Waals surface area (Å²) in [6.45, 7) is 0. The lowest BCUT2D eigenvalue weighted by molar-refractivity contribution is 1.19. The molecule has 0 N–H and O–H groups in total. The van der Waals surface area contributed by atoms with Gasteiger partial charge in [-0.25, -0.2) is 0 Å². The summed E-state index contributed by atoms with van der Waals surface area (Å²) in [5, 5.41) is 15.1. The first-order valence-corrected chi connectivity index (χ1v) is 22.1. The number of rotatable bonds is 6. The zero-order valence-corrected chi connectivity index (χ0v) is 35.0. The summed E-state index contributed by atoms with van der Waals surface area (Å²) in [7, 11) is 0. The molecule has 0 amide bonds. The molecule has 298 valence electrons. The van der Waals surface area contributed by atoms with Crippen molar-refractivity contribution in [1.82, 2.24) is 4.57 Å². The molecule has 0 aliphatic rings. The van der Waals surface area contributed by atoms with Gasteiger partial charge >= 0.3 is 0 Å². The number of aromatic nitrogens is 1. The van der Waals surface area contributed by atoms with Gasteiger partial charge in [0.25, 0.3) is 0 Å². The van der Waals surface area contributed by atoms with Gasteiger partial charge in [0.1, 0.15) is 0 Å². The zero-order chi connectivity index (χ0) is 42.1. The van der Waals surface area contributed by atoms with Gasteiger partial charge in [-0.2, -0.15) is 0 Å². The number of nitrogens with zero attached hydrogens (tertiary/aromatic N) is 2. The maximum absolute atomic E-state index is 2.44. The van der Waals surface area contributed by atoms with Crippen LogP contribution in [-0.2, 0) is 0 Å². The lowest BCUT2D eigenvalue weighted by atomic mass is 9.93. The van der Waals surface area contributed by atoms with Crippen molar-refractivity contribution in [2.45, 2.75) is 0 Å². The van der Waals surface area contributed by atoms with Gasteiger partial charge in [-0.05, 0) is 131 Å². The van der Waals surface area contributed by atoms with Crippen molar-refractivity contribution in [2.24, 2.45) is 0 Å². The van der Waals surface area contributed by atoms with E-state index in [1.807, 2.05) is 0 Å². The zero-order valence-electron chi connectivity index (χ0n) is 35.0. The Morgan fingerprint density at radius 1 is 0.266 bits per heavy atom. The average molecular weight is 813 g/mol. The van der Waals surface area contributed by atoms with E-state index < -0.39 is 0 Å². The number of hydrogen-bond acceptors (Lipinski definition) is 1. The van der Waals surface area contributed by atoms with Crippen LogP contribution in [0.15, 0.2) is 243 Å². The summed E-state index contributed by atoms with van der Waals surface area (Å²) in [5.74, 6) is 0. The molecular weight excluding hydrogens is 773 g/mol. The van der Waals surface area contributed by atoms with Crippen molar-refractivity contribution < 1.29 is 0 Å². The van der Waals surface area contributed by atoms with Gasteiger partial charge in [-0.3, -0.25) is 0 Å².